The number of thiazole rings is 1. The van der Waals surface area contributed by atoms with Crippen LogP contribution in [-0.2, 0) is 21.2 Å². The van der Waals surface area contributed by atoms with Gasteiger partial charge in [0.15, 0.2) is 5.78 Å². The maximum absolute atomic E-state index is 12.9. The van der Waals surface area contributed by atoms with Gasteiger partial charge in [0.1, 0.15) is 4.21 Å². The van der Waals surface area contributed by atoms with Crippen LogP contribution in [0.4, 0.5) is 0 Å². The van der Waals surface area contributed by atoms with E-state index in [9.17, 15) is 13.2 Å². The number of thiophene rings is 1. The zero-order valence-corrected chi connectivity index (χ0v) is 19.6. The molecule has 0 aliphatic carbocycles. The average molecular weight is 481 g/mol. The highest BCUT2D eigenvalue weighted by atomic mass is 35.5. The van der Waals surface area contributed by atoms with Crippen molar-refractivity contribution >= 4 is 50.1 Å². The van der Waals surface area contributed by atoms with Gasteiger partial charge in [0.25, 0.3) is 10.0 Å². The minimum atomic E-state index is -3.70. The number of halogens is 1. The summed E-state index contributed by atoms with van der Waals surface area (Å²) in [6.07, 6.45) is 2.04. The number of rotatable bonds is 7. The Morgan fingerprint density at radius 2 is 2.00 bits per heavy atom. The van der Waals surface area contributed by atoms with Gasteiger partial charge in [-0.1, -0.05) is 41.4 Å². The molecule has 1 aromatic carbocycles. The van der Waals surface area contributed by atoms with Crippen molar-refractivity contribution in [2.24, 2.45) is 0 Å². The van der Waals surface area contributed by atoms with Gasteiger partial charge < -0.3 is 0 Å². The maximum atomic E-state index is 12.9. The van der Waals surface area contributed by atoms with Gasteiger partial charge in [0.2, 0.25) is 0 Å². The first kappa shape index (κ1) is 21.6. The van der Waals surface area contributed by atoms with Crippen molar-refractivity contribution in [2.45, 2.75) is 42.9 Å². The van der Waals surface area contributed by atoms with Crippen molar-refractivity contribution < 1.29 is 13.2 Å². The van der Waals surface area contributed by atoms with E-state index in [-0.39, 0.29) is 16.4 Å². The second kappa shape index (κ2) is 8.88. The monoisotopic (exact) mass is 480 g/mol. The predicted octanol–water partition coefficient (Wildman–Crippen LogP) is 5.19. The van der Waals surface area contributed by atoms with E-state index in [0.717, 1.165) is 27.6 Å². The minimum Gasteiger partial charge on any atom is -0.298 e. The van der Waals surface area contributed by atoms with Crippen LogP contribution in [0.1, 0.15) is 29.8 Å². The smallest absolute Gasteiger partial charge is 0.253 e. The first-order valence-electron chi connectivity index (χ1n) is 9.66. The highest BCUT2D eigenvalue weighted by Crippen LogP contribution is 2.33. The lowest BCUT2D eigenvalue weighted by Gasteiger charge is -2.22. The molecule has 1 atom stereocenters. The summed E-state index contributed by atoms with van der Waals surface area (Å²) in [6.45, 7) is 2.41. The molecule has 30 heavy (non-hydrogen) atoms. The molecule has 4 rings (SSSR count). The van der Waals surface area contributed by atoms with E-state index >= 15 is 0 Å². The molecule has 1 fully saturated rings. The van der Waals surface area contributed by atoms with Crippen LogP contribution in [0.15, 0.2) is 46.0 Å². The Bertz CT molecular complexity index is 1150. The lowest BCUT2D eigenvalue weighted by atomic mass is 10.1. The van der Waals surface area contributed by atoms with Gasteiger partial charge in [0.05, 0.1) is 21.1 Å². The summed E-state index contributed by atoms with van der Waals surface area (Å²) < 4.78 is 27.8. The Balaban J connectivity index is 1.42. The quantitative estimate of drug-likeness (QED) is 0.466. The van der Waals surface area contributed by atoms with E-state index in [2.05, 4.69) is 4.98 Å². The number of Topliss-reactive ketones (excluding diaryl/α,β-unsaturated/α-hetero) is 1. The lowest BCUT2D eigenvalue weighted by Crippen LogP contribution is -2.40. The third kappa shape index (κ3) is 4.53. The van der Waals surface area contributed by atoms with E-state index in [1.54, 1.807) is 6.07 Å². The molecule has 5 nitrogen and oxygen atoms in total. The van der Waals surface area contributed by atoms with E-state index in [1.165, 1.54) is 27.3 Å². The maximum Gasteiger partial charge on any atom is 0.253 e. The molecule has 0 amide bonds. The van der Waals surface area contributed by atoms with Gasteiger partial charge in [-0.25, -0.2) is 13.4 Å². The topological polar surface area (TPSA) is 67.3 Å². The Kier molecular flexibility index (Phi) is 6.41. The van der Waals surface area contributed by atoms with Gasteiger partial charge >= 0.3 is 0 Å². The Morgan fingerprint density at radius 1 is 1.23 bits per heavy atom. The predicted molar refractivity (Wildman–Crippen MR) is 122 cm³/mol. The summed E-state index contributed by atoms with van der Waals surface area (Å²) in [5, 5.41) is 2.88. The van der Waals surface area contributed by atoms with Crippen LogP contribution in [0, 0.1) is 6.92 Å². The van der Waals surface area contributed by atoms with Crippen molar-refractivity contribution in [1.82, 2.24) is 9.29 Å². The minimum absolute atomic E-state index is 0.0502. The molecule has 0 radical (unpaired) electrons. The highest BCUT2D eigenvalue weighted by Gasteiger charge is 2.39. The molecule has 158 valence electrons. The van der Waals surface area contributed by atoms with E-state index in [0.29, 0.717) is 30.1 Å². The second-order valence-electron chi connectivity index (χ2n) is 7.29. The van der Waals surface area contributed by atoms with E-state index < -0.39 is 16.1 Å². The largest absolute Gasteiger partial charge is 0.298 e. The normalized spacial score (nSPS) is 17.5. The fourth-order valence-electron chi connectivity index (χ4n) is 3.58. The number of aromatic nitrogens is 1. The third-order valence-electron chi connectivity index (χ3n) is 5.17. The fourth-order valence-corrected chi connectivity index (χ4v) is 7.68. The number of carbonyl (C=O) groups excluding carboxylic acids is 1. The summed E-state index contributed by atoms with van der Waals surface area (Å²) in [4.78, 5) is 17.5. The summed E-state index contributed by atoms with van der Waals surface area (Å²) in [5.74, 6) is -0.0502. The van der Waals surface area contributed by atoms with Crippen LogP contribution in [-0.4, -0.2) is 36.1 Å². The van der Waals surface area contributed by atoms with Crippen LogP contribution < -0.4 is 0 Å². The number of carbonyl (C=O) groups is 1. The first-order chi connectivity index (χ1) is 14.3. The summed E-state index contributed by atoms with van der Waals surface area (Å²) in [5.41, 5.74) is 3.15. The number of ketones is 1. The second-order valence-corrected chi connectivity index (χ2v) is 12.1. The van der Waals surface area contributed by atoms with E-state index in [1.807, 2.05) is 36.6 Å². The van der Waals surface area contributed by atoms with Crippen LogP contribution in [0.25, 0.3) is 11.3 Å². The molecule has 0 bridgehead atoms. The Hall–Kier alpha value is -1.58. The van der Waals surface area contributed by atoms with Crippen molar-refractivity contribution in [3.05, 3.63) is 56.7 Å². The van der Waals surface area contributed by atoms with Crippen LogP contribution in [0.5, 0.6) is 0 Å². The van der Waals surface area contributed by atoms with Gasteiger partial charge in [-0.15, -0.1) is 22.7 Å². The number of hydrogen-bond acceptors (Lipinski definition) is 6. The Morgan fingerprint density at radius 3 is 2.70 bits per heavy atom. The van der Waals surface area contributed by atoms with E-state index in [4.69, 9.17) is 11.6 Å². The average Bonchev–Trinajstić information content (AvgIpc) is 3.47. The molecule has 2 aromatic heterocycles. The molecule has 0 spiro atoms. The number of hydrogen-bond donors (Lipinski definition) is 0. The SMILES string of the molecule is Cc1ccc(-c2csc(CCC(=O)[C@@H]3CCCN3S(=O)(=O)c3ccc(Cl)s3)n2)cc1. The van der Waals surface area contributed by atoms with Crippen molar-refractivity contribution in [3.8, 4) is 11.3 Å². The molecular formula is C21H21ClN2O3S3. The van der Waals surface area contributed by atoms with Gasteiger partial charge in [-0.05, 0) is 31.9 Å². The van der Waals surface area contributed by atoms with Gasteiger partial charge in [0, 0.05) is 30.3 Å². The van der Waals surface area contributed by atoms with Crippen LogP contribution >= 0.6 is 34.3 Å². The lowest BCUT2D eigenvalue weighted by molar-refractivity contribution is -0.122. The van der Waals surface area contributed by atoms with Gasteiger partial charge in [-0.2, -0.15) is 4.31 Å². The highest BCUT2D eigenvalue weighted by molar-refractivity contribution is 7.91. The van der Waals surface area contributed by atoms with Crippen molar-refractivity contribution in [2.75, 3.05) is 6.54 Å². The van der Waals surface area contributed by atoms with Gasteiger partial charge in [-0.3, -0.25) is 4.79 Å². The molecule has 1 saturated heterocycles. The third-order valence-corrected chi connectivity index (χ3v) is 9.69. The van der Waals surface area contributed by atoms with Crippen LogP contribution in [0.3, 0.4) is 0 Å². The molecule has 9 heteroatoms. The zero-order chi connectivity index (χ0) is 21.3. The number of aryl methyl sites for hydroxylation is 2. The number of benzene rings is 1. The fraction of sp³-hybridized carbons (Fsp3) is 0.333. The standard InChI is InChI=1S/C21H21ClN2O3S3/c1-14-4-6-15(7-5-14)16-13-28-20(23-16)10-8-18(25)17-3-2-12-24(17)30(26,27)21-11-9-19(22)29-21/h4-7,9,11,13,17H,2-3,8,10,12H2,1H3/t17-/m0/s1. The molecule has 3 heterocycles. The summed E-state index contributed by atoms with van der Waals surface area (Å²) in [6, 6.07) is 10.6. The molecule has 3 aromatic rings. The Labute approximate surface area is 189 Å². The summed E-state index contributed by atoms with van der Waals surface area (Å²) >= 11 is 8.46. The first-order valence-corrected chi connectivity index (χ1v) is 13.2. The van der Waals surface area contributed by atoms with Crippen molar-refractivity contribution in [3.63, 3.8) is 0 Å². The molecule has 1 aliphatic heterocycles. The zero-order valence-electron chi connectivity index (χ0n) is 16.4. The number of sulfonamides is 1. The molecule has 0 saturated carbocycles. The summed E-state index contributed by atoms with van der Waals surface area (Å²) in [7, 11) is -3.70. The van der Waals surface area contributed by atoms with Crippen molar-refractivity contribution in [1.29, 1.82) is 0 Å². The molecule has 1 aliphatic rings. The molecule has 0 unspecified atom stereocenters. The number of nitrogens with zero attached hydrogens (tertiary/aromatic N) is 2. The van der Waals surface area contributed by atoms with Crippen LogP contribution in [0.2, 0.25) is 4.34 Å². The molecular weight excluding hydrogens is 460 g/mol. The molecule has 0 N–H and O–H groups in total.